The fourth-order valence-electron chi connectivity index (χ4n) is 3.26. The molecule has 6 nitrogen and oxygen atoms in total. The number of carbonyl (C=O) groups is 1. The van der Waals surface area contributed by atoms with E-state index in [-0.39, 0.29) is 11.5 Å². The number of benzene rings is 2. The maximum atomic E-state index is 12.3. The number of phenols is 1. The van der Waals surface area contributed by atoms with Crippen LogP contribution in [0.3, 0.4) is 0 Å². The summed E-state index contributed by atoms with van der Waals surface area (Å²) in [6.45, 7) is 3.96. The highest BCUT2D eigenvalue weighted by molar-refractivity contribution is 9.10. The van der Waals surface area contributed by atoms with E-state index in [4.69, 9.17) is 4.42 Å². The number of furan rings is 1. The molecule has 2 heterocycles. The fraction of sp³-hybridized carbons (Fsp3) is 0.0909. The van der Waals surface area contributed by atoms with Crippen LogP contribution in [0.1, 0.15) is 27.5 Å². The van der Waals surface area contributed by atoms with Crippen molar-refractivity contribution >= 4 is 39.0 Å². The number of halogens is 1. The first-order chi connectivity index (χ1) is 13.9. The summed E-state index contributed by atoms with van der Waals surface area (Å²) in [7, 11) is 0. The van der Waals surface area contributed by atoms with E-state index in [9.17, 15) is 9.90 Å². The molecule has 7 heteroatoms. The summed E-state index contributed by atoms with van der Waals surface area (Å²) in [6.07, 6.45) is 1.61. The first kappa shape index (κ1) is 19.0. The number of hydrogen-bond donors (Lipinski definition) is 2. The van der Waals surface area contributed by atoms with E-state index in [0.29, 0.717) is 5.58 Å². The maximum Gasteiger partial charge on any atom is 0.307 e. The lowest BCUT2D eigenvalue weighted by atomic mass is 10.2. The van der Waals surface area contributed by atoms with Gasteiger partial charge in [-0.2, -0.15) is 5.10 Å². The predicted molar refractivity (Wildman–Crippen MR) is 116 cm³/mol. The molecule has 0 fully saturated rings. The summed E-state index contributed by atoms with van der Waals surface area (Å²) in [5.41, 5.74) is 6.96. The van der Waals surface area contributed by atoms with E-state index >= 15 is 0 Å². The van der Waals surface area contributed by atoms with Crippen molar-refractivity contribution in [2.24, 2.45) is 5.10 Å². The Bertz CT molecular complexity index is 1240. The molecule has 0 saturated carbocycles. The topological polar surface area (TPSA) is 79.8 Å². The van der Waals surface area contributed by atoms with Gasteiger partial charge in [0.2, 0.25) is 0 Å². The number of hydrogen-bond acceptors (Lipinski definition) is 4. The zero-order chi connectivity index (χ0) is 20.5. The second-order valence-electron chi connectivity index (χ2n) is 6.67. The minimum atomic E-state index is -0.416. The third kappa shape index (κ3) is 3.82. The van der Waals surface area contributed by atoms with E-state index in [2.05, 4.69) is 31.0 Å². The Morgan fingerprint density at radius 3 is 2.66 bits per heavy atom. The average Bonchev–Trinajstić information content (AvgIpc) is 3.23. The normalized spacial score (nSPS) is 11.4. The molecule has 0 aliphatic carbocycles. The van der Waals surface area contributed by atoms with Gasteiger partial charge in [0.05, 0.1) is 6.21 Å². The molecule has 0 saturated heterocycles. The van der Waals surface area contributed by atoms with Crippen molar-refractivity contribution in [3.63, 3.8) is 0 Å². The molecule has 0 unspecified atom stereocenters. The second-order valence-corrected chi connectivity index (χ2v) is 7.59. The molecule has 4 rings (SSSR count). The lowest BCUT2D eigenvalue weighted by Gasteiger charge is -2.09. The molecule has 0 aliphatic rings. The van der Waals surface area contributed by atoms with E-state index in [1.165, 1.54) is 0 Å². The van der Waals surface area contributed by atoms with E-state index < -0.39 is 5.91 Å². The number of phenolic OH excluding ortho intramolecular Hbond substituents is 1. The highest BCUT2D eigenvalue weighted by Crippen LogP contribution is 2.24. The van der Waals surface area contributed by atoms with Crippen molar-refractivity contribution in [3.05, 3.63) is 81.8 Å². The number of rotatable bonds is 4. The molecule has 0 bridgehead atoms. The summed E-state index contributed by atoms with van der Waals surface area (Å²) >= 11 is 3.40. The molecule has 0 aliphatic heterocycles. The van der Waals surface area contributed by atoms with Crippen molar-refractivity contribution in [2.45, 2.75) is 13.8 Å². The van der Waals surface area contributed by atoms with Crippen molar-refractivity contribution in [1.82, 2.24) is 9.99 Å². The van der Waals surface area contributed by atoms with Crippen LogP contribution in [0.15, 0.2) is 68.6 Å². The molecule has 2 N–H and O–H groups in total. The number of aryl methyl sites for hydroxylation is 1. The van der Waals surface area contributed by atoms with Crippen LogP contribution in [0.2, 0.25) is 0 Å². The monoisotopic (exact) mass is 451 g/mol. The zero-order valence-electron chi connectivity index (χ0n) is 15.8. The molecule has 0 radical (unpaired) electrons. The van der Waals surface area contributed by atoms with Crippen LogP contribution < -0.4 is 5.43 Å². The number of fused-ring (bicyclic) bond motifs is 1. The van der Waals surface area contributed by atoms with Crippen LogP contribution in [-0.2, 0) is 0 Å². The van der Waals surface area contributed by atoms with Crippen molar-refractivity contribution in [3.8, 4) is 11.4 Å². The van der Waals surface area contributed by atoms with Gasteiger partial charge in [-0.3, -0.25) is 4.79 Å². The van der Waals surface area contributed by atoms with Gasteiger partial charge in [0, 0.05) is 32.5 Å². The molecule has 0 spiro atoms. The number of nitrogens with one attached hydrogen (secondary N) is 1. The van der Waals surface area contributed by atoms with Crippen molar-refractivity contribution < 1.29 is 14.3 Å². The van der Waals surface area contributed by atoms with Crippen molar-refractivity contribution in [2.75, 3.05) is 0 Å². The SMILES string of the molecule is Cc1cc(C=NNC(=O)c2cc3cc(Br)ccc3o2)c(C)n1-c1ccc(O)cc1. The maximum absolute atomic E-state index is 12.3. The van der Waals surface area contributed by atoms with Gasteiger partial charge in [0.15, 0.2) is 5.76 Å². The van der Waals surface area contributed by atoms with Gasteiger partial charge in [-0.15, -0.1) is 0 Å². The fourth-order valence-corrected chi connectivity index (χ4v) is 3.64. The van der Waals surface area contributed by atoms with Crippen LogP contribution in [0.25, 0.3) is 16.7 Å². The Balaban J connectivity index is 1.52. The largest absolute Gasteiger partial charge is 0.508 e. The van der Waals surface area contributed by atoms with Crippen LogP contribution in [0.4, 0.5) is 0 Å². The molecule has 29 heavy (non-hydrogen) atoms. The summed E-state index contributed by atoms with van der Waals surface area (Å²) in [5, 5.41) is 14.4. The molecule has 2 aromatic carbocycles. The van der Waals surface area contributed by atoms with Gasteiger partial charge in [-0.25, -0.2) is 5.43 Å². The number of nitrogens with zero attached hydrogens (tertiary/aromatic N) is 2. The van der Waals surface area contributed by atoms with Gasteiger partial charge in [-0.05, 0) is 68.4 Å². The Labute approximate surface area is 175 Å². The predicted octanol–water partition coefficient (Wildman–Crippen LogP) is 5.07. The van der Waals surface area contributed by atoms with Crippen LogP contribution >= 0.6 is 15.9 Å². The third-order valence-corrected chi connectivity index (χ3v) is 5.14. The standard InChI is InChI=1S/C22H18BrN3O3/c1-13-9-16(14(2)26(13)18-4-6-19(27)7-5-18)12-24-25-22(28)21-11-15-10-17(23)3-8-20(15)29-21/h3-12,27H,1-2H3,(H,25,28). The lowest BCUT2D eigenvalue weighted by Crippen LogP contribution is -2.16. The number of aromatic hydroxyl groups is 1. The zero-order valence-corrected chi connectivity index (χ0v) is 17.4. The molecule has 146 valence electrons. The van der Waals surface area contributed by atoms with E-state index in [1.54, 1.807) is 30.5 Å². The van der Waals surface area contributed by atoms with E-state index in [1.807, 2.05) is 44.2 Å². The number of amides is 1. The summed E-state index contributed by atoms with van der Waals surface area (Å²) in [6, 6.07) is 16.2. The molecule has 1 amide bonds. The number of aromatic nitrogens is 1. The van der Waals surface area contributed by atoms with Crippen LogP contribution in [0, 0.1) is 13.8 Å². The molecule has 4 aromatic rings. The smallest absolute Gasteiger partial charge is 0.307 e. The number of carbonyl (C=O) groups excluding carboxylic acids is 1. The van der Waals surface area contributed by atoms with Crippen LogP contribution in [-0.4, -0.2) is 21.8 Å². The second kappa shape index (κ2) is 7.60. The van der Waals surface area contributed by atoms with Gasteiger partial charge in [0.25, 0.3) is 0 Å². The van der Waals surface area contributed by atoms with Crippen molar-refractivity contribution in [1.29, 1.82) is 0 Å². The average molecular weight is 452 g/mol. The molecular formula is C22H18BrN3O3. The molecular weight excluding hydrogens is 434 g/mol. The first-order valence-corrected chi connectivity index (χ1v) is 9.72. The first-order valence-electron chi connectivity index (χ1n) is 8.93. The Morgan fingerprint density at radius 1 is 1.14 bits per heavy atom. The minimum absolute atomic E-state index is 0.199. The number of hydrazone groups is 1. The highest BCUT2D eigenvalue weighted by atomic mass is 79.9. The quantitative estimate of drug-likeness (QED) is 0.335. The van der Waals surface area contributed by atoms with Gasteiger partial charge >= 0.3 is 5.91 Å². The Hall–Kier alpha value is -3.32. The highest BCUT2D eigenvalue weighted by Gasteiger charge is 2.13. The lowest BCUT2D eigenvalue weighted by molar-refractivity contribution is 0.0929. The third-order valence-electron chi connectivity index (χ3n) is 4.65. The Kier molecular flexibility index (Phi) is 4.98. The molecule has 0 atom stereocenters. The molecule has 2 aromatic heterocycles. The van der Waals surface area contributed by atoms with Gasteiger partial charge in [0.1, 0.15) is 11.3 Å². The van der Waals surface area contributed by atoms with Crippen LogP contribution in [0.5, 0.6) is 5.75 Å². The summed E-state index contributed by atoms with van der Waals surface area (Å²) < 4.78 is 8.54. The summed E-state index contributed by atoms with van der Waals surface area (Å²) in [4.78, 5) is 12.3. The van der Waals surface area contributed by atoms with Gasteiger partial charge in [-0.1, -0.05) is 15.9 Å². The van der Waals surface area contributed by atoms with E-state index in [0.717, 1.165) is 32.5 Å². The van der Waals surface area contributed by atoms with Gasteiger partial charge < -0.3 is 14.1 Å². The minimum Gasteiger partial charge on any atom is -0.508 e. The summed E-state index contributed by atoms with van der Waals surface area (Å²) in [5.74, 6) is 0.00406. The Morgan fingerprint density at radius 2 is 1.90 bits per heavy atom.